The highest BCUT2D eigenvalue weighted by atomic mass is 32.2. The summed E-state index contributed by atoms with van der Waals surface area (Å²) in [6.07, 6.45) is 4.59. The lowest BCUT2D eigenvalue weighted by Gasteiger charge is -2.30. The number of hydrogen-bond donors (Lipinski definition) is 1. The highest BCUT2D eigenvalue weighted by Crippen LogP contribution is 2.41. The monoisotopic (exact) mass is 212 g/mol. The van der Waals surface area contributed by atoms with Crippen molar-refractivity contribution in [2.45, 2.75) is 37.3 Å². The van der Waals surface area contributed by atoms with E-state index in [0.717, 1.165) is 25.3 Å². The van der Waals surface area contributed by atoms with E-state index in [1.54, 1.807) is 0 Å². The minimum Gasteiger partial charge on any atom is -0.324 e. The lowest BCUT2D eigenvalue weighted by Crippen LogP contribution is -2.42. The first-order valence-corrected chi connectivity index (χ1v) is 6.61. The number of amides is 1. The summed E-state index contributed by atoms with van der Waals surface area (Å²) in [4.78, 5) is 14.1. The molecule has 2 heterocycles. The molecular formula is C10H16N2OS. The van der Waals surface area contributed by atoms with Crippen LogP contribution in [-0.4, -0.2) is 40.6 Å². The first kappa shape index (κ1) is 9.04. The Kier molecular flexibility index (Phi) is 2.02. The number of carbonyl (C=O) groups is 1. The van der Waals surface area contributed by atoms with Crippen LogP contribution in [0.25, 0.3) is 0 Å². The van der Waals surface area contributed by atoms with Crippen LogP contribution in [0.5, 0.6) is 0 Å². The van der Waals surface area contributed by atoms with Crippen molar-refractivity contribution in [3.63, 3.8) is 0 Å². The van der Waals surface area contributed by atoms with Crippen molar-refractivity contribution in [3.8, 4) is 0 Å². The van der Waals surface area contributed by atoms with Crippen LogP contribution in [0.1, 0.15) is 25.7 Å². The molecule has 3 fully saturated rings. The van der Waals surface area contributed by atoms with Crippen molar-refractivity contribution < 1.29 is 4.79 Å². The standard InChI is InChI=1S/C10H16N2OS/c13-9-10(3-4-10)11-7-12(9)8-2-1-5-14-6-8/h8,11H,1-7H2. The Morgan fingerprint density at radius 3 is 2.93 bits per heavy atom. The van der Waals surface area contributed by atoms with Gasteiger partial charge in [0.15, 0.2) is 0 Å². The molecule has 0 radical (unpaired) electrons. The van der Waals surface area contributed by atoms with E-state index in [1.165, 1.54) is 18.6 Å². The Morgan fingerprint density at radius 1 is 1.50 bits per heavy atom. The second-order valence-corrected chi connectivity index (χ2v) is 5.71. The van der Waals surface area contributed by atoms with Gasteiger partial charge in [0.25, 0.3) is 0 Å². The summed E-state index contributed by atoms with van der Waals surface area (Å²) < 4.78 is 0. The normalized spacial score (nSPS) is 35.3. The first-order chi connectivity index (χ1) is 6.82. The van der Waals surface area contributed by atoms with E-state index < -0.39 is 0 Å². The van der Waals surface area contributed by atoms with Crippen LogP contribution in [-0.2, 0) is 4.79 Å². The van der Waals surface area contributed by atoms with Crippen LogP contribution in [0.2, 0.25) is 0 Å². The van der Waals surface area contributed by atoms with Crippen LogP contribution in [0.3, 0.4) is 0 Å². The Morgan fingerprint density at radius 2 is 2.36 bits per heavy atom. The molecule has 4 heteroatoms. The fourth-order valence-corrected chi connectivity index (χ4v) is 3.60. The van der Waals surface area contributed by atoms with Crippen LogP contribution >= 0.6 is 11.8 Å². The van der Waals surface area contributed by atoms with Gasteiger partial charge in [-0.25, -0.2) is 0 Å². The van der Waals surface area contributed by atoms with Gasteiger partial charge in [-0.2, -0.15) is 11.8 Å². The van der Waals surface area contributed by atoms with E-state index >= 15 is 0 Å². The van der Waals surface area contributed by atoms with Gasteiger partial charge < -0.3 is 4.90 Å². The molecule has 1 atom stereocenters. The summed E-state index contributed by atoms with van der Waals surface area (Å²) in [5.74, 6) is 2.80. The second kappa shape index (κ2) is 3.14. The third-order valence-corrected chi connectivity index (χ3v) is 4.78. The van der Waals surface area contributed by atoms with E-state index in [-0.39, 0.29) is 5.54 Å². The highest BCUT2D eigenvalue weighted by molar-refractivity contribution is 7.99. The molecule has 1 spiro atoms. The zero-order valence-corrected chi connectivity index (χ0v) is 9.11. The molecule has 14 heavy (non-hydrogen) atoms. The molecule has 3 nitrogen and oxygen atoms in total. The highest BCUT2D eigenvalue weighted by Gasteiger charge is 2.56. The predicted octanol–water partition coefficient (Wildman–Crippen LogP) is 0.804. The van der Waals surface area contributed by atoms with Crippen molar-refractivity contribution in [3.05, 3.63) is 0 Å². The maximum atomic E-state index is 12.0. The average Bonchev–Trinajstić information content (AvgIpc) is 2.93. The molecule has 0 bridgehead atoms. The number of thioether (sulfide) groups is 1. The molecule has 2 aliphatic heterocycles. The zero-order valence-electron chi connectivity index (χ0n) is 8.29. The first-order valence-electron chi connectivity index (χ1n) is 5.46. The molecule has 1 amide bonds. The molecule has 0 aromatic heterocycles. The molecule has 3 rings (SSSR count). The maximum Gasteiger partial charge on any atom is 0.244 e. The third-order valence-electron chi connectivity index (χ3n) is 3.59. The number of hydrogen-bond acceptors (Lipinski definition) is 3. The summed E-state index contributed by atoms with van der Waals surface area (Å²) in [7, 11) is 0. The summed E-state index contributed by atoms with van der Waals surface area (Å²) in [6.45, 7) is 0.796. The average molecular weight is 212 g/mol. The topological polar surface area (TPSA) is 32.3 Å². The van der Waals surface area contributed by atoms with Crippen LogP contribution < -0.4 is 5.32 Å². The fourth-order valence-electron chi connectivity index (χ4n) is 2.44. The largest absolute Gasteiger partial charge is 0.324 e. The van der Waals surface area contributed by atoms with Gasteiger partial charge in [-0.1, -0.05) is 0 Å². The van der Waals surface area contributed by atoms with Crippen LogP contribution in [0.4, 0.5) is 0 Å². The van der Waals surface area contributed by atoms with E-state index in [4.69, 9.17) is 0 Å². The smallest absolute Gasteiger partial charge is 0.244 e. The number of nitrogens with zero attached hydrogens (tertiary/aromatic N) is 1. The number of nitrogens with one attached hydrogen (secondary N) is 1. The molecular weight excluding hydrogens is 196 g/mol. The van der Waals surface area contributed by atoms with Crippen molar-refractivity contribution in [2.75, 3.05) is 18.2 Å². The number of carbonyl (C=O) groups excluding carboxylic acids is 1. The van der Waals surface area contributed by atoms with Gasteiger partial charge >= 0.3 is 0 Å². The SMILES string of the molecule is O=C1N(C2CCCSC2)CNC12CC2. The predicted molar refractivity (Wildman–Crippen MR) is 57.2 cm³/mol. The van der Waals surface area contributed by atoms with E-state index in [9.17, 15) is 4.79 Å². The molecule has 0 aromatic rings. The van der Waals surface area contributed by atoms with Gasteiger partial charge in [0.1, 0.15) is 0 Å². The van der Waals surface area contributed by atoms with Crippen LogP contribution in [0, 0.1) is 0 Å². The minimum absolute atomic E-state index is 0.0951. The molecule has 1 saturated carbocycles. The van der Waals surface area contributed by atoms with Gasteiger partial charge in [-0.15, -0.1) is 0 Å². The molecule has 3 aliphatic rings. The Hall–Kier alpha value is -0.220. The van der Waals surface area contributed by atoms with Crippen molar-refractivity contribution >= 4 is 17.7 Å². The Bertz CT molecular complexity index is 259. The van der Waals surface area contributed by atoms with Crippen molar-refractivity contribution in [1.29, 1.82) is 0 Å². The summed E-state index contributed by atoms with van der Waals surface area (Å²) in [5, 5.41) is 3.37. The van der Waals surface area contributed by atoms with Gasteiger partial charge in [-0.3, -0.25) is 10.1 Å². The van der Waals surface area contributed by atoms with Crippen molar-refractivity contribution in [2.24, 2.45) is 0 Å². The molecule has 2 saturated heterocycles. The number of rotatable bonds is 1. The van der Waals surface area contributed by atoms with Crippen LogP contribution in [0.15, 0.2) is 0 Å². The molecule has 1 unspecified atom stereocenters. The van der Waals surface area contributed by atoms with Crippen molar-refractivity contribution in [1.82, 2.24) is 10.2 Å². The molecule has 1 N–H and O–H groups in total. The van der Waals surface area contributed by atoms with Gasteiger partial charge in [0.05, 0.1) is 12.2 Å². The summed E-state index contributed by atoms with van der Waals surface area (Å²) in [6, 6.07) is 0.508. The summed E-state index contributed by atoms with van der Waals surface area (Å²) >= 11 is 1.99. The van der Waals surface area contributed by atoms with Gasteiger partial charge in [-0.05, 0) is 31.4 Å². The lowest BCUT2D eigenvalue weighted by molar-refractivity contribution is -0.131. The quantitative estimate of drug-likeness (QED) is 0.698. The summed E-state index contributed by atoms with van der Waals surface area (Å²) in [5.41, 5.74) is -0.0951. The minimum atomic E-state index is -0.0951. The van der Waals surface area contributed by atoms with Gasteiger partial charge in [0.2, 0.25) is 5.91 Å². The molecule has 0 aromatic carbocycles. The van der Waals surface area contributed by atoms with Gasteiger partial charge in [0, 0.05) is 11.8 Å². The fraction of sp³-hybridized carbons (Fsp3) is 0.900. The van der Waals surface area contributed by atoms with E-state index in [0.29, 0.717) is 11.9 Å². The maximum absolute atomic E-state index is 12.0. The Labute approximate surface area is 88.6 Å². The molecule has 1 aliphatic carbocycles. The zero-order chi connectivity index (χ0) is 9.60. The molecule has 78 valence electrons. The Balaban J connectivity index is 1.70. The second-order valence-electron chi connectivity index (χ2n) is 4.56. The van der Waals surface area contributed by atoms with E-state index in [2.05, 4.69) is 10.2 Å². The lowest BCUT2D eigenvalue weighted by atomic mass is 10.1. The third kappa shape index (κ3) is 1.27. The van der Waals surface area contributed by atoms with E-state index in [1.807, 2.05) is 11.8 Å².